The van der Waals surface area contributed by atoms with Gasteiger partial charge in [-0.15, -0.1) is 11.3 Å². The number of nitrogens with zero attached hydrogens (tertiary/aromatic N) is 3. The number of thiophene rings is 1. The Bertz CT molecular complexity index is 926. The summed E-state index contributed by atoms with van der Waals surface area (Å²) >= 11 is 1.61. The normalized spacial score (nSPS) is 17.2. The summed E-state index contributed by atoms with van der Waals surface area (Å²) in [5, 5.41) is 5.98. The lowest BCUT2D eigenvalue weighted by molar-refractivity contribution is -0.128. The van der Waals surface area contributed by atoms with Crippen LogP contribution in [0.1, 0.15) is 34.5 Å². The van der Waals surface area contributed by atoms with Crippen LogP contribution in [0, 0.1) is 11.6 Å². The zero-order valence-corrected chi connectivity index (χ0v) is 14.5. The molecule has 1 aromatic carbocycles. The van der Waals surface area contributed by atoms with Crippen LogP contribution in [0.25, 0.3) is 0 Å². The van der Waals surface area contributed by atoms with Gasteiger partial charge in [-0.1, -0.05) is 17.3 Å². The highest BCUT2D eigenvalue weighted by atomic mass is 32.1. The van der Waals surface area contributed by atoms with Crippen LogP contribution < -0.4 is 0 Å². The summed E-state index contributed by atoms with van der Waals surface area (Å²) in [6.45, 7) is 0.481. The Balaban J connectivity index is 1.43. The van der Waals surface area contributed by atoms with Gasteiger partial charge in [0.1, 0.15) is 11.6 Å². The Hall–Kier alpha value is -2.61. The molecule has 1 aliphatic rings. The van der Waals surface area contributed by atoms with Gasteiger partial charge in [0.05, 0.1) is 6.42 Å². The zero-order valence-electron chi connectivity index (χ0n) is 13.7. The fourth-order valence-corrected chi connectivity index (χ4v) is 3.72. The predicted molar refractivity (Wildman–Crippen MR) is 90.6 cm³/mol. The number of aromatic nitrogens is 2. The Morgan fingerprint density at radius 2 is 2.19 bits per heavy atom. The van der Waals surface area contributed by atoms with E-state index < -0.39 is 11.6 Å². The topological polar surface area (TPSA) is 59.2 Å². The number of halogens is 2. The van der Waals surface area contributed by atoms with E-state index in [4.69, 9.17) is 4.52 Å². The minimum Gasteiger partial charge on any atom is -0.339 e. The summed E-state index contributed by atoms with van der Waals surface area (Å²) in [5.41, 5.74) is 0.284. The first-order valence-corrected chi connectivity index (χ1v) is 9.03. The van der Waals surface area contributed by atoms with Gasteiger partial charge in [0, 0.05) is 41.9 Å². The second kappa shape index (κ2) is 6.95. The van der Waals surface area contributed by atoms with Crippen LogP contribution in [-0.4, -0.2) is 27.5 Å². The van der Waals surface area contributed by atoms with E-state index in [1.165, 1.54) is 17.0 Å². The first-order valence-electron chi connectivity index (χ1n) is 8.15. The monoisotopic (exact) mass is 375 g/mol. The molecule has 0 bridgehead atoms. The average Bonchev–Trinajstić information content (AvgIpc) is 3.33. The van der Waals surface area contributed by atoms with Gasteiger partial charge in [-0.25, -0.2) is 8.78 Å². The molecule has 1 aliphatic heterocycles. The van der Waals surface area contributed by atoms with Gasteiger partial charge in [0.2, 0.25) is 11.8 Å². The summed E-state index contributed by atoms with van der Waals surface area (Å²) in [6.07, 6.45) is 0.816. The van der Waals surface area contributed by atoms with Crippen molar-refractivity contribution < 1.29 is 18.1 Å². The van der Waals surface area contributed by atoms with Crippen LogP contribution in [0.2, 0.25) is 0 Å². The molecule has 4 rings (SSSR count). The maximum Gasteiger partial charge on any atom is 0.231 e. The summed E-state index contributed by atoms with van der Waals surface area (Å²) in [5.74, 6) is -0.582. The molecule has 26 heavy (non-hydrogen) atoms. The maximum absolute atomic E-state index is 13.8. The van der Waals surface area contributed by atoms with Crippen molar-refractivity contribution in [3.63, 3.8) is 0 Å². The largest absolute Gasteiger partial charge is 0.339 e. The quantitative estimate of drug-likeness (QED) is 0.685. The molecule has 1 atom stereocenters. The lowest BCUT2D eigenvalue weighted by Crippen LogP contribution is -2.25. The number of benzene rings is 1. The van der Waals surface area contributed by atoms with Gasteiger partial charge < -0.3 is 9.42 Å². The highest BCUT2D eigenvalue weighted by Crippen LogP contribution is 2.28. The summed E-state index contributed by atoms with van der Waals surface area (Å²) in [7, 11) is 0. The smallest absolute Gasteiger partial charge is 0.231 e. The van der Waals surface area contributed by atoms with Crippen molar-refractivity contribution in [2.75, 3.05) is 6.54 Å². The zero-order chi connectivity index (χ0) is 18.1. The average molecular weight is 375 g/mol. The Kier molecular flexibility index (Phi) is 4.50. The van der Waals surface area contributed by atoms with E-state index in [-0.39, 0.29) is 30.4 Å². The van der Waals surface area contributed by atoms with Gasteiger partial charge in [-0.3, -0.25) is 4.79 Å². The van der Waals surface area contributed by atoms with Crippen molar-refractivity contribution in [2.24, 2.45) is 0 Å². The highest BCUT2D eigenvalue weighted by Gasteiger charge is 2.34. The molecule has 5 nitrogen and oxygen atoms in total. The number of amides is 1. The Morgan fingerprint density at radius 3 is 2.96 bits per heavy atom. The van der Waals surface area contributed by atoms with Gasteiger partial charge in [-0.05, 0) is 17.5 Å². The molecule has 1 amide bonds. The maximum atomic E-state index is 13.8. The molecular formula is C18H15F2N3O2S. The molecular weight excluding hydrogens is 360 g/mol. The van der Waals surface area contributed by atoms with Gasteiger partial charge in [0.15, 0.2) is 5.82 Å². The molecule has 0 radical (unpaired) electrons. The van der Waals surface area contributed by atoms with Crippen molar-refractivity contribution in [2.45, 2.75) is 25.3 Å². The molecule has 3 aromatic rings. The second-order valence-corrected chi connectivity index (χ2v) is 7.25. The van der Waals surface area contributed by atoms with Crippen LogP contribution >= 0.6 is 11.3 Å². The lowest BCUT2D eigenvalue weighted by atomic mass is 10.1. The molecule has 1 saturated heterocycles. The Labute approximate surface area is 152 Å². The van der Waals surface area contributed by atoms with Gasteiger partial charge in [0.25, 0.3) is 0 Å². The third kappa shape index (κ3) is 3.50. The number of carbonyl (C=O) groups is 1. The summed E-state index contributed by atoms with van der Waals surface area (Å²) in [4.78, 5) is 19.3. The molecule has 0 spiro atoms. The van der Waals surface area contributed by atoms with Crippen molar-refractivity contribution in [1.82, 2.24) is 15.0 Å². The van der Waals surface area contributed by atoms with Crippen LogP contribution in [0.3, 0.4) is 0 Å². The fourth-order valence-electron chi connectivity index (χ4n) is 3.02. The van der Waals surface area contributed by atoms with E-state index >= 15 is 0 Å². The number of carbonyl (C=O) groups excluding carboxylic acids is 1. The van der Waals surface area contributed by atoms with E-state index in [2.05, 4.69) is 10.1 Å². The van der Waals surface area contributed by atoms with Crippen molar-refractivity contribution in [3.8, 4) is 0 Å². The van der Waals surface area contributed by atoms with Crippen molar-refractivity contribution in [1.29, 1.82) is 0 Å². The van der Waals surface area contributed by atoms with E-state index in [0.717, 1.165) is 10.9 Å². The minimum absolute atomic E-state index is 0.0986. The third-order valence-corrected chi connectivity index (χ3v) is 5.22. The molecule has 0 N–H and O–H groups in total. The molecule has 1 unspecified atom stereocenters. The first kappa shape index (κ1) is 16.8. The van der Waals surface area contributed by atoms with E-state index in [0.29, 0.717) is 24.7 Å². The van der Waals surface area contributed by atoms with Crippen molar-refractivity contribution >= 4 is 17.2 Å². The van der Waals surface area contributed by atoms with Crippen molar-refractivity contribution in [3.05, 3.63) is 69.5 Å². The van der Waals surface area contributed by atoms with Gasteiger partial charge >= 0.3 is 0 Å². The Morgan fingerprint density at radius 1 is 1.31 bits per heavy atom. The van der Waals surface area contributed by atoms with Crippen LogP contribution in [0.4, 0.5) is 8.78 Å². The molecule has 8 heteroatoms. The second-order valence-electron chi connectivity index (χ2n) is 6.21. The summed E-state index contributed by atoms with van der Waals surface area (Å²) in [6, 6.07) is 7.32. The fraction of sp³-hybridized carbons (Fsp3) is 0.278. The van der Waals surface area contributed by atoms with E-state index in [1.807, 2.05) is 17.5 Å². The SMILES string of the molecule is O=C1CC(c2noc(Cc3cccs3)n2)CN1Cc1ccc(F)cc1F. The van der Waals surface area contributed by atoms with Crippen LogP contribution in [0.5, 0.6) is 0 Å². The lowest BCUT2D eigenvalue weighted by Gasteiger charge is -2.16. The molecule has 134 valence electrons. The van der Waals surface area contributed by atoms with Crippen LogP contribution in [-0.2, 0) is 17.8 Å². The number of hydrogen-bond donors (Lipinski definition) is 0. The van der Waals surface area contributed by atoms with E-state index in [1.54, 1.807) is 11.3 Å². The summed E-state index contributed by atoms with van der Waals surface area (Å²) < 4.78 is 32.1. The van der Waals surface area contributed by atoms with Crippen LogP contribution in [0.15, 0.2) is 40.2 Å². The molecule has 3 heterocycles. The molecule has 0 saturated carbocycles. The molecule has 1 fully saturated rings. The molecule has 2 aromatic heterocycles. The van der Waals surface area contributed by atoms with Gasteiger partial charge in [-0.2, -0.15) is 4.98 Å². The minimum atomic E-state index is -0.654. The highest BCUT2D eigenvalue weighted by molar-refractivity contribution is 7.09. The van der Waals surface area contributed by atoms with E-state index in [9.17, 15) is 13.6 Å². The number of likely N-dealkylation sites (tertiary alicyclic amines) is 1. The predicted octanol–water partition coefficient (Wildman–Crippen LogP) is 3.52. The third-order valence-electron chi connectivity index (χ3n) is 4.35. The first-order chi connectivity index (χ1) is 12.6. The molecule has 0 aliphatic carbocycles. The number of hydrogen-bond acceptors (Lipinski definition) is 5. The number of rotatable bonds is 5. The standard InChI is InChI=1S/C18H15F2N3O2S/c19-13-4-3-11(15(20)7-13)9-23-10-12(6-17(23)24)18-21-16(25-22-18)8-14-2-1-5-26-14/h1-5,7,12H,6,8-10H2.